The van der Waals surface area contributed by atoms with Gasteiger partial charge >= 0.3 is 5.97 Å². The van der Waals surface area contributed by atoms with Crippen LogP contribution in [-0.2, 0) is 9.53 Å². The van der Waals surface area contributed by atoms with Crippen molar-refractivity contribution in [1.29, 1.82) is 0 Å². The summed E-state index contributed by atoms with van der Waals surface area (Å²) in [6.45, 7) is 10.0. The summed E-state index contributed by atoms with van der Waals surface area (Å²) < 4.78 is 5.92. The van der Waals surface area contributed by atoms with Crippen molar-refractivity contribution in [1.82, 2.24) is 0 Å². The van der Waals surface area contributed by atoms with Crippen molar-refractivity contribution >= 4 is 5.97 Å². The van der Waals surface area contributed by atoms with E-state index in [1.54, 1.807) is 0 Å². The van der Waals surface area contributed by atoms with Gasteiger partial charge in [0.05, 0.1) is 39.7 Å². The number of ether oxygens (including phenoxy) is 1. The molecule has 15 heavy (non-hydrogen) atoms. The van der Waals surface area contributed by atoms with Crippen LogP contribution in [0.5, 0.6) is 0 Å². The van der Waals surface area contributed by atoms with Crippen molar-refractivity contribution in [2.24, 2.45) is 0 Å². The van der Waals surface area contributed by atoms with Gasteiger partial charge in [0.2, 0.25) is 0 Å². The fourth-order valence-electron chi connectivity index (χ4n) is 1.38. The zero-order valence-corrected chi connectivity index (χ0v) is 12.5. The van der Waals surface area contributed by atoms with Crippen LogP contribution in [0.2, 0.25) is 0 Å². The molecule has 4 heteroatoms. The van der Waals surface area contributed by atoms with Gasteiger partial charge in [0.25, 0.3) is 0 Å². The number of halogens is 1. The van der Waals surface area contributed by atoms with E-state index in [9.17, 15) is 4.79 Å². The fourth-order valence-corrected chi connectivity index (χ4v) is 1.38. The summed E-state index contributed by atoms with van der Waals surface area (Å²) in [5, 5.41) is 0. The van der Waals surface area contributed by atoms with Crippen LogP contribution in [-0.4, -0.2) is 43.7 Å². The van der Waals surface area contributed by atoms with Crippen LogP contribution in [0.25, 0.3) is 0 Å². The molecule has 0 amide bonds. The highest BCUT2D eigenvalue weighted by molar-refractivity contribution is 5.69. The lowest BCUT2D eigenvalue weighted by Gasteiger charge is -2.31. The third-order valence-electron chi connectivity index (χ3n) is 2.91. The average Bonchev–Trinajstić information content (AvgIpc) is 2.18. The number of hydrogen-bond acceptors (Lipinski definition) is 2. The van der Waals surface area contributed by atoms with Crippen molar-refractivity contribution in [2.45, 2.75) is 33.6 Å². The lowest BCUT2D eigenvalue weighted by Crippen LogP contribution is -3.00. The first-order chi connectivity index (χ1) is 6.58. The molecule has 0 aromatic carbocycles. The van der Waals surface area contributed by atoms with Crippen molar-refractivity contribution in [3.63, 3.8) is 0 Å². The SMILES string of the molecule is CCOC(=O)CCC[N+](C)(CC)CC.[I-]. The van der Waals surface area contributed by atoms with Crippen molar-refractivity contribution in [3.8, 4) is 0 Å². The number of quaternary nitrogens is 1. The Labute approximate surface area is 111 Å². The third kappa shape index (κ3) is 8.02. The quantitative estimate of drug-likeness (QED) is 0.334. The standard InChI is InChI=1S/C11H24NO2.HI/c1-5-12(4,6-2)10-8-9-11(13)14-7-3;/h5-10H2,1-4H3;1H/q+1;/p-1. The lowest BCUT2D eigenvalue weighted by atomic mass is 10.2. The Kier molecular flexibility index (Phi) is 11.0. The molecule has 0 aromatic rings. The van der Waals surface area contributed by atoms with E-state index in [0.29, 0.717) is 13.0 Å². The topological polar surface area (TPSA) is 26.3 Å². The van der Waals surface area contributed by atoms with Gasteiger partial charge in [0.1, 0.15) is 0 Å². The highest BCUT2D eigenvalue weighted by Gasteiger charge is 2.16. The summed E-state index contributed by atoms with van der Waals surface area (Å²) in [6, 6.07) is 0. The summed E-state index contributed by atoms with van der Waals surface area (Å²) in [6.07, 6.45) is 1.48. The second-order valence-corrected chi connectivity index (χ2v) is 3.88. The molecule has 0 unspecified atom stereocenters. The molecule has 0 heterocycles. The van der Waals surface area contributed by atoms with E-state index in [-0.39, 0.29) is 29.9 Å². The molecule has 0 saturated heterocycles. The smallest absolute Gasteiger partial charge is 0.305 e. The Hall–Kier alpha value is 0.160. The normalized spacial score (nSPS) is 10.7. The molecule has 0 spiro atoms. The van der Waals surface area contributed by atoms with Crippen LogP contribution in [0, 0.1) is 0 Å². The largest absolute Gasteiger partial charge is 1.00 e. The molecule has 0 aromatic heterocycles. The van der Waals surface area contributed by atoms with Gasteiger partial charge < -0.3 is 33.2 Å². The molecule has 0 aliphatic carbocycles. The Morgan fingerprint density at radius 3 is 2.13 bits per heavy atom. The van der Waals surface area contributed by atoms with E-state index in [2.05, 4.69) is 20.9 Å². The zero-order chi connectivity index (χ0) is 11.0. The maximum absolute atomic E-state index is 11.1. The summed E-state index contributed by atoms with van der Waals surface area (Å²) in [5.74, 6) is -0.0637. The van der Waals surface area contributed by atoms with E-state index in [0.717, 1.165) is 30.5 Å². The van der Waals surface area contributed by atoms with Crippen molar-refractivity contribution in [3.05, 3.63) is 0 Å². The Balaban J connectivity index is 0. The minimum Gasteiger partial charge on any atom is -1.00 e. The van der Waals surface area contributed by atoms with Crippen molar-refractivity contribution < 1.29 is 38.0 Å². The van der Waals surface area contributed by atoms with E-state index in [1.807, 2.05) is 6.92 Å². The fraction of sp³-hybridized carbons (Fsp3) is 0.909. The molecule has 0 aliphatic rings. The minimum absolute atomic E-state index is 0. The van der Waals surface area contributed by atoms with Crippen LogP contribution < -0.4 is 24.0 Å². The lowest BCUT2D eigenvalue weighted by molar-refractivity contribution is -0.906. The first kappa shape index (κ1) is 17.6. The zero-order valence-electron chi connectivity index (χ0n) is 10.4. The van der Waals surface area contributed by atoms with Crippen LogP contribution in [0.15, 0.2) is 0 Å². The van der Waals surface area contributed by atoms with Gasteiger partial charge in [-0.05, 0) is 20.8 Å². The number of carbonyl (C=O) groups excluding carboxylic acids is 1. The van der Waals surface area contributed by atoms with Crippen LogP contribution in [0.4, 0.5) is 0 Å². The second-order valence-electron chi connectivity index (χ2n) is 3.88. The summed E-state index contributed by atoms with van der Waals surface area (Å²) in [7, 11) is 2.23. The maximum atomic E-state index is 11.1. The molecule has 0 radical (unpaired) electrons. The molecule has 0 fully saturated rings. The summed E-state index contributed by atoms with van der Waals surface area (Å²) in [5.41, 5.74) is 0. The van der Waals surface area contributed by atoms with Crippen LogP contribution in [0.1, 0.15) is 33.6 Å². The molecule has 0 rings (SSSR count). The molecule has 0 saturated carbocycles. The monoisotopic (exact) mass is 329 g/mol. The molecule has 0 N–H and O–H groups in total. The molecule has 0 bridgehead atoms. The molecule has 92 valence electrons. The van der Waals surface area contributed by atoms with Gasteiger partial charge in [-0.3, -0.25) is 4.79 Å². The van der Waals surface area contributed by atoms with Crippen molar-refractivity contribution in [2.75, 3.05) is 33.3 Å². The number of esters is 1. The first-order valence-corrected chi connectivity index (χ1v) is 5.57. The summed E-state index contributed by atoms with van der Waals surface area (Å²) in [4.78, 5) is 11.1. The highest BCUT2D eigenvalue weighted by Crippen LogP contribution is 2.05. The second kappa shape index (κ2) is 9.39. The molecule has 3 nitrogen and oxygen atoms in total. The van der Waals surface area contributed by atoms with Gasteiger partial charge in [0.15, 0.2) is 0 Å². The van der Waals surface area contributed by atoms with E-state index >= 15 is 0 Å². The maximum Gasteiger partial charge on any atom is 0.305 e. The van der Waals surface area contributed by atoms with Gasteiger partial charge in [-0.2, -0.15) is 0 Å². The minimum atomic E-state index is -0.0637. The van der Waals surface area contributed by atoms with Gasteiger partial charge in [-0.1, -0.05) is 0 Å². The van der Waals surface area contributed by atoms with Gasteiger partial charge in [-0.25, -0.2) is 0 Å². The Bertz CT molecular complexity index is 170. The van der Waals surface area contributed by atoms with E-state index in [1.165, 1.54) is 0 Å². The van der Waals surface area contributed by atoms with Crippen LogP contribution in [0.3, 0.4) is 0 Å². The Morgan fingerprint density at radius 1 is 1.20 bits per heavy atom. The number of rotatable bonds is 7. The number of nitrogens with zero attached hydrogens (tertiary/aromatic N) is 1. The summed E-state index contributed by atoms with van der Waals surface area (Å²) >= 11 is 0. The van der Waals surface area contributed by atoms with Crippen LogP contribution >= 0.6 is 0 Å². The predicted octanol–water partition coefficient (Wildman–Crippen LogP) is -1.18. The number of hydrogen-bond donors (Lipinski definition) is 0. The number of carbonyl (C=O) groups is 1. The Morgan fingerprint density at radius 2 is 1.73 bits per heavy atom. The van der Waals surface area contributed by atoms with E-state index < -0.39 is 0 Å². The third-order valence-corrected chi connectivity index (χ3v) is 2.91. The first-order valence-electron chi connectivity index (χ1n) is 5.57. The molecule has 0 atom stereocenters. The molecular formula is C11H24INO2. The molecule has 0 aliphatic heterocycles. The van der Waals surface area contributed by atoms with Gasteiger partial charge in [-0.15, -0.1) is 0 Å². The van der Waals surface area contributed by atoms with E-state index in [4.69, 9.17) is 4.74 Å². The predicted molar refractivity (Wildman–Crippen MR) is 58.0 cm³/mol. The average molecular weight is 329 g/mol. The highest BCUT2D eigenvalue weighted by atomic mass is 127. The molecular weight excluding hydrogens is 305 g/mol. The van der Waals surface area contributed by atoms with Gasteiger partial charge in [0, 0.05) is 6.42 Å².